The Balaban J connectivity index is 1.83. The summed E-state index contributed by atoms with van der Waals surface area (Å²) in [7, 11) is 5.69. The van der Waals surface area contributed by atoms with Gasteiger partial charge in [0, 0.05) is 45.3 Å². The zero-order valence-electron chi connectivity index (χ0n) is 19.6. The van der Waals surface area contributed by atoms with Gasteiger partial charge < -0.3 is 15.5 Å². The first-order chi connectivity index (χ1) is 14.9. The van der Waals surface area contributed by atoms with Gasteiger partial charge in [-0.2, -0.15) is 0 Å². The third-order valence-electron chi connectivity index (χ3n) is 5.25. The molecule has 0 saturated carbocycles. The van der Waals surface area contributed by atoms with E-state index in [0.717, 1.165) is 37.6 Å². The van der Waals surface area contributed by atoms with Gasteiger partial charge in [0.15, 0.2) is 5.96 Å². The third kappa shape index (κ3) is 8.42. The van der Waals surface area contributed by atoms with Crippen molar-refractivity contribution in [1.29, 1.82) is 0 Å². The summed E-state index contributed by atoms with van der Waals surface area (Å²) in [5, 5.41) is 6.74. The zero-order chi connectivity index (χ0) is 22.6. The second-order valence-electron chi connectivity index (χ2n) is 8.06. The Hall–Kier alpha value is -2.86. The van der Waals surface area contributed by atoms with Gasteiger partial charge in [-0.15, -0.1) is 0 Å². The molecule has 0 spiro atoms. The molecule has 1 atom stereocenters. The topological polar surface area (TPSA) is 60.0 Å². The van der Waals surface area contributed by atoms with E-state index in [2.05, 4.69) is 71.8 Å². The highest BCUT2D eigenvalue weighted by Gasteiger charge is 2.10. The smallest absolute Gasteiger partial charge is 0.253 e. The van der Waals surface area contributed by atoms with Gasteiger partial charge in [-0.1, -0.05) is 42.5 Å². The van der Waals surface area contributed by atoms with Crippen molar-refractivity contribution in [1.82, 2.24) is 20.4 Å². The number of benzene rings is 2. The van der Waals surface area contributed by atoms with E-state index in [1.54, 1.807) is 19.0 Å². The number of rotatable bonds is 10. The van der Waals surface area contributed by atoms with Crippen LogP contribution in [0.2, 0.25) is 0 Å². The molecule has 0 heterocycles. The summed E-state index contributed by atoms with van der Waals surface area (Å²) in [6.07, 6.45) is 1.02. The summed E-state index contributed by atoms with van der Waals surface area (Å²) >= 11 is 0. The van der Waals surface area contributed by atoms with Gasteiger partial charge in [-0.3, -0.25) is 9.69 Å². The lowest BCUT2D eigenvalue weighted by Crippen LogP contribution is -2.40. The fourth-order valence-corrected chi connectivity index (χ4v) is 3.17. The van der Waals surface area contributed by atoms with E-state index in [4.69, 9.17) is 0 Å². The van der Waals surface area contributed by atoms with Crippen molar-refractivity contribution in [2.45, 2.75) is 39.4 Å². The molecular formula is C25H37N5O. The average Bonchev–Trinajstić information content (AvgIpc) is 2.77. The molecule has 2 aromatic rings. The summed E-state index contributed by atoms with van der Waals surface area (Å²) in [6.45, 7) is 7.49. The number of nitrogens with one attached hydrogen (secondary N) is 2. The second-order valence-corrected chi connectivity index (χ2v) is 8.06. The summed E-state index contributed by atoms with van der Waals surface area (Å²) in [4.78, 5) is 20.6. The first kappa shape index (κ1) is 24.4. The third-order valence-corrected chi connectivity index (χ3v) is 5.25. The van der Waals surface area contributed by atoms with Gasteiger partial charge in [-0.25, -0.2) is 4.99 Å². The quantitative estimate of drug-likeness (QED) is 0.454. The lowest BCUT2D eigenvalue weighted by Gasteiger charge is -2.25. The van der Waals surface area contributed by atoms with Crippen molar-refractivity contribution >= 4 is 11.9 Å². The molecular weight excluding hydrogens is 386 g/mol. The largest absolute Gasteiger partial charge is 0.357 e. The molecule has 1 unspecified atom stereocenters. The molecule has 168 valence electrons. The lowest BCUT2D eigenvalue weighted by molar-refractivity contribution is 0.0827. The maximum atomic E-state index is 12.0. The summed E-state index contributed by atoms with van der Waals surface area (Å²) in [5.41, 5.74) is 3.10. The van der Waals surface area contributed by atoms with E-state index in [0.29, 0.717) is 18.2 Å². The number of hydrogen-bond acceptors (Lipinski definition) is 3. The zero-order valence-corrected chi connectivity index (χ0v) is 19.6. The van der Waals surface area contributed by atoms with E-state index in [9.17, 15) is 4.79 Å². The SMILES string of the molecule is CCNC(=NCc1ccc(C(=O)N(C)C)cc1)NCCC(C)N(C)Cc1ccccc1. The van der Waals surface area contributed by atoms with Crippen LogP contribution in [0.4, 0.5) is 0 Å². The Kier molecular flexibility index (Phi) is 10.0. The van der Waals surface area contributed by atoms with Crippen molar-refractivity contribution in [3.63, 3.8) is 0 Å². The fourth-order valence-electron chi connectivity index (χ4n) is 3.17. The van der Waals surface area contributed by atoms with Crippen molar-refractivity contribution in [2.24, 2.45) is 4.99 Å². The van der Waals surface area contributed by atoms with Crippen molar-refractivity contribution in [3.8, 4) is 0 Å². The molecule has 2 rings (SSSR count). The van der Waals surface area contributed by atoms with Gasteiger partial charge in [-0.05, 0) is 50.6 Å². The first-order valence-corrected chi connectivity index (χ1v) is 11.0. The molecule has 1 amide bonds. The fraction of sp³-hybridized carbons (Fsp3) is 0.440. The van der Waals surface area contributed by atoms with Gasteiger partial charge in [0.05, 0.1) is 6.54 Å². The van der Waals surface area contributed by atoms with E-state index in [1.165, 1.54) is 5.56 Å². The van der Waals surface area contributed by atoms with Crippen molar-refractivity contribution in [3.05, 3.63) is 71.3 Å². The molecule has 0 radical (unpaired) electrons. The molecule has 0 aliphatic heterocycles. The van der Waals surface area contributed by atoms with Gasteiger partial charge in [0.2, 0.25) is 0 Å². The predicted molar refractivity (Wildman–Crippen MR) is 129 cm³/mol. The average molecular weight is 424 g/mol. The minimum Gasteiger partial charge on any atom is -0.357 e. The summed E-state index contributed by atoms with van der Waals surface area (Å²) < 4.78 is 0. The molecule has 0 aromatic heterocycles. The van der Waals surface area contributed by atoms with Crippen LogP contribution in [0.25, 0.3) is 0 Å². The predicted octanol–water partition coefficient (Wildman–Crippen LogP) is 3.35. The Labute approximate surface area is 187 Å². The number of amides is 1. The molecule has 31 heavy (non-hydrogen) atoms. The minimum absolute atomic E-state index is 0.0106. The van der Waals surface area contributed by atoms with E-state index >= 15 is 0 Å². The van der Waals surface area contributed by atoms with Crippen LogP contribution in [0.15, 0.2) is 59.6 Å². The van der Waals surface area contributed by atoms with Gasteiger partial charge in [0.25, 0.3) is 5.91 Å². The van der Waals surface area contributed by atoms with Crippen LogP contribution in [0.1, 0.15) is 41.8 Å². The van der Waals surface area contributed by atoms with Crippen LogP contribution in [0.5, 0.6) is 0 Å². The highest BCUT2D eigenvalue weighted by molar-refractivity contribution is 5.93. The number of carbonyl (C=O) groups is 1. The first-order valence-electron chi connectivity index (χ1n) is 11.0. The van der Waals surface area contributed by atoms with Crippen LogP contribution in [0, 0.1) is 0 Å². The number of hydrogen-bond donors (Lipinski definition) is 2. The maximum Gasteiger partial charge on any atom is 0.253 e. The minimum atomic E-state index is 0.0106. The Morgan fingerprint density at radius 1 is 0.968 bits per heavy atom. The number of aliphatic imine (C=N–C) groups is 1. The van der Waals surface area contributed by atoms with E-state index < -0.39 is 0 Å². The van der Waals surface area contributed by atoms with Gasteiger partial charge >= 0.3 is 0 Å². The molecule has 2 aromatic carbocycles. The standard InChI is InChI=1S/C25H37N5O/c1-6-26-25(28-18-21-12-14-23(15-13-21)24(31)29(3)4)27-17-16-20(2)30(5)19-22-10-8-7-9-11-22/h7-15,20H,6,16-19H2,1-5H3,(H2,26,27,28). The molecule has 2 N–H and O–H groups in total. The Morgan fingerprint density at radius 3 is 2.26 bits per heavy atom. The highest BCUT2D eigenvalue weighted by Crippen LogP contribution is 2.09. The number of guanidine groups is 1. The van der Waals surface area contributed by atoms with Crippen LogP contribution >= 0.6 is 0 Å². The lowest BCUT2D eigenvalue weighted by atomic mass is 10.1. The highest BCUT2D eigenvalue weighted by atomic mass is 16.2. The van der Waals surface area contributed by atoms with Gasteiger partial charge in [0.1, 0.15) is 0 Å². The molecule has 0 aliphatic carbocycles. The van der Waals surface area contributed by atoms with Crippen LogP contribution < -0.4 is 10.6 Å². The number of nitrogens with zero attached hydrogens (tertiary/aromatic N) is 3. The van der Waals surface area contributed by atoms with E-state index in [-0.39, 0.29) is 5.91 Å². The second kappa shape index (κ2) is 12.7. The van der Waals surface area contributed by atoms with Crippen LogP contribution in [0.3, 0.4) is 0 Å². The maximum absolute atomic E-state index is 12.0. The van der Waals surface area contributed by atoms with Crippen LogP contribution in [-0.4, -0.2) is 61.9 Å². The molecule has 0 saturated heterocycles. The van der Waals surface area contributed by atoms with Crippen molar-refractivity contribution in [2.75, 3.05) is 34.2 Å². The molecule has 6 heteroatoms. The summed E-state index contributed by atoms with van der Waals surface area (Å²) in [5.74, 6) is 0.824. The summed E-state index contributed by atoms with van der Waals surface area (Å²) in [6, 6.07) is 18.7. The molecule has 0 fully saturated rings. The van der Waals surface area contributed by atoms with Crippen LogP contribution in [-0.2, 0) is 13.1 Å². The number of carbonyl (C=O) groups excluding carboxylic acids is 1. The van der Waals surface area contributed by atoms with E-state index in [1.807, 2.05) is 24.3 Å². The molecule has 6 nitrogen and oxygen atoms in total. The van der Waals surface area contributed by atoms with Crippen molar-refractivity contribution < 1.29 is 4.79 Å². The Bertz CT molecular complexity index is 818. The normalized spacial score (nSPS) is 12.5. The molecule has 0 bridgehead atoms. The molecule has 0 aliphatic rings. The Morgan fingerprint density at radius 2 is 1.65 bits per heavy atom. The monoisotopic (exact) mass is 423 g/mol.